The molecule has 0 aromatic carbocycles. The number of methoxy groups -OCH3 is 1. The van der Waals surface area contributed by atoms with Gasteiger partial charge in [-0.2, -0.15) is 0 Å². The summed E-state index contributed by atoms with van der Waals surface area (Å²) in [6, 6.07) is -0.454. The summed E-state index contributed by atoms with van der Waals surface area (Å²) >= 11 is 3.14. The van der Waals surface area contributed by atoms with E-state index in [-0.39, 0.29) is 17.2 Å². The molecule has 2 atom stereocenters. The van der Waals surface area contributed by atoms with Crippen molar-refractivity contribution in [3.63, 3.8) is 0 Å². The number of hydrogen-bond acceptors (Lipinski definition) is 4. The van der Waals surface area contributed by atoms with Gasteiger partial charge >= 0.3 is 6.09 Å². The van der Waals surface area contributed by atoms with Gasteiger partial charge in [-0.1, -0.05) is 15.9 Å². The van der Waals surface area contributed by atoms with Gasteiger partial charge in [0, 0.05) is 13.5 Å². The maximum Gasteiger partial charge on any atom is 0.410 e. The van der Waals surface area contributed by atoms with Gasteiger partial charge < -0.3 is 9.47 Å². The van der Waals surface area contributed by atoms with E-state index in [4.69, 9.17) is 9.47 Å². The van der Waals surface area contributed by atoms with Crippen LogP contribution in [-0.4, -0.2) is 53.5 Å². The zero-order chi connectivity index (χ0) is 13.9. The lowest BCUT2D eigenvalue weighted by Crippen LogP contribution is -2.43. The van der Waals surface area contributed by atoms with Crippen LogP contribution >= 0.6 is 15.9 Å². The molecule has 0 spiro atoms. The summed E-state index contributed by atoms with van der Waals surface area (Å²) in [5, 5.41) is 0.230. The summed E-state index contributed by atoms with van der Waals surface area (Å²) in [4.78, 5) is 25.3. The van der Waals surface area contributed by atoms with Crippen molar-refractivity contribution in [1.82, 2.24) is 4.90 Å². The van der Waals surface area contributed by atoms with Crippen molar-refractivity contribution < 1.29 is 19.1 Å². The molecule has 2 unspecified atom stereocenters. The van der Waals surface area contributed by atoms with Crippen molar-refractivity contribution in [2.45, 2.75) is 44.9 Å². The Bertz CT molecular complexity index is 327. The zero-order valence-electron chi connectivity index (χ0n) is 11.2. The molecular weight excluding hydrogens is 302 g/mol. The molecule has 0 N–H and O–H groups in total. The summed E-state index contributed by atoms with van der Waals surface area (Å²) in [6.07, 6.45) is -0.0351. The summed E-state index contributed by atoms with van der Waals surface area (Å²) in [6.45, 7) is 5.80. The lowest BCUT2D eigenvalue weighted by molar-refractivity contribution is -0.120. The zero-order valence-corrected chi connectivity index (χ0v) is 12.8. The number of nitrogens with zero attached hydrogens (tertiary/aromatic N) is 1. The van der Waals surface area contributed by atoms with Crippen LogP contribution in [-0.2, 0) is 14.3 Å². The summed E-state index contributed by atoms with van der Waals surface area (Å²) in [5.74, 6) is -0.0274. The Kier molecular flexibility index (Phi) is 5.16. The second-order valence-corrected chi connectivity index (χ2v) is 5.90. The summed E-state index contributed by atoms with van der Waals surface area (Å²) in [7, 11) is 1.58. The maximum absolute atomic E-state index is 12.0. The second-order valence-electron chi connectivity index (χ2n) is 5.34. The third-order valence-corrected chi connectivity index (χ3v) is 3.28. The number of carbonyl (C=O) groups excluding carboxylic acids is 2. The van der Waals surface area contributed by atoms with Gasteiger partial charge in [-0.05, 0) is 20.8 Å². The maximum atomic E-state index is 12.0. The first-order valence-corrected chi connectivity index (χ1v) is 7.01. The highest BCUT2D eigenvalue weighted by molar-refractivity contribution is 9.09. The second kappa shape index (κ2) is 6.02. The molecule has 0 bridgehead atoms. The predicted octanol–water partition coefficient (Wildman–Crippen LogP) is 1.97. The van der Waals surface area contributed by atoms with Crippen LogP contribution in [0.15, 0.2) is 0 Å². The van der Waals surface area contributed by atoms with Gasteiger partial charge in [0.1, 0.15) is 5.60 Å². The average Bonchev–Trinajstić information content (AvgIpc) is 2.69. The predicted molar refractivity (Wildman–Crippen MR) is 70.9 cm³/mol. The van der Waals surface area contributed by atoms with E-state index in [9.17, 15) is 9.59 Å². The molecule has 0 aromatic rings. The molecule has 0 aliphatic carbocycles. The molecule has 1 rings (SSSR count). The Labute approximate surface area is 116 Å². The molecule has 1 amide bonds. The molecule has 5 nitrogen and oxygen atoms in total. The normalized spacial score (nSPS) is 24.2. The van der Waals surface area contributed by atoms with E-state index < -0.39 is 17.7 Å². The van der Waals surface area contributed by atoms with Crippen molar-refractivity contribution in [3.05, 3.63) is 0 Å². The Hall–Kier alpha value is -0.620. The van der Waals surface area contributed by atoms with Crippen molar-refractivity contribution in [2.75, 3.05) is 19.0 Å². The number of likely N-dealkylation sites (tertiary alicyclic amines) is 1. The molecule has 6 heteroatoms. The summed E-state index contributed by atoms with van der Waals surface area (Å²) < 4.78 is 10.5. The van der Waals surface area contributed by atoms with Gasteiger partial charge in [-0.25, -0.2) is 4.79 Å². The Morgan fingerprint density at radius 2 is 2.00 bits per heavy atom. The molecule has 1 heterocycles. The molecule has 104 valence electrons. The largest absolute Gasteiger partial charge is 0.444 e. The number of ether oxygens (including phenoxy) is 2. The number of amides is 1. The molecule has 0 saturated carbocycles. The van der Waals surface area contributed by atoms with Crippen molar-refractivity contribution >= 4 is 27.8 Å². The highest BCUT2D eigenvalue weighted by Gasteiger charge is 2.40. The van der Waals surface area contributed by atoms with Crippen LogP contribution in [0.2, 0.25) is 0 Å². The first kappa shape index (κ1) is 15.4. The quantitative estimate of drug-likeness (QED) is 0.746. The van der Waals surface area contributed by atoms with Crippen LogP contribution in [0, 0.1) is 0 Å². The average molecular weight is 322 g/mol. The number of carbonyl (C=O) groups is 2. The Morgan fingerprint density at radius 1 is 1.39 bits per heavy atom. The van der Waals surface area contributed by atoms with E-state index in [0.29, 0.717) is 13.0 Å². The number of hydrogen-bond donors (Lipinski definition) is 0. The van der Waals surface area contributed by atoms with Crippen LogP contribution < -0.4 is 0 Å². The standard InChI is InChI=1S/C12H20BrNO4/c1-12(2,3)18-11(16)14-7-8(17-4)5-9(14)10(15)6-13/h8-9H,5-7H2,1-4H3. The van der Waals surface area contributed by atoms with Gasteiger partial charge in [0.2, 0.25) is 0 Å². The first-order valence-electron chi connectivity index (χ1n) is 5.89. The first-order chi connectivity index (χ1) is 8.28. The lowest BCUT2D eigenvalue weighted by atomic mass is 10.1. The topological polar surface area (TPSA) is 55.8 Å². The molecule has 0 aromatic heterocycles. The monoisotopic (exact) mass is 321 g/mol. The van der Waals surface area contributed by atoms with Gasteiger partial charge in [-0.15, -0.1) is 0 Å². The number of halogens is 1. The highest BCUT2D eigenvalue weighted by atomic mass is 79.9. The molecule has 1 saturated heterocycles. The third-order valence-electron chi connectivity index (χ3n) is 2.73. The molecule has 1 aliphatic rings. The van der Waals surface area contributed by atoms with Crippen LogP contribution in [0.4, 0.5) is 4.79 Å². The lowest BCUT2D eigenvalue weighted by Gasteiger charge is -2.27. The number of Topliss-reactive ketones (excluding diaryl/α,β-unsaturated/α-hetero) is 1. The molecular formula is C12H20BrNO4. The molecule has 18 heavy (non-hydrogen) atoms. The highest BCUT2D eigenvalue weighted by Crippen LogP contribution is 2.24. The minimum absolute atomic E-state index is 0.0274. The van der Waals surface area contributed by atoms with Gasteiger partial charge in [0.25, 0.3) is 0 Å². The van der Waals surface area contributed by atoms with Gasteiger partial charge in [0.05, 0.1) is 24.0 Å². The van der Waals surface area contributed by atoms with Crippen LogP contribution in [0.1, 0.15) is 27.2 Å². The SMILES string of the molecule is COC1CC(C(=O)CBr)N(C(=O)OC(C)(C)C)C1. The van der Waals surface area contributed by atoms with Crippen molar-refractivity contribution in [3.8, 4) is 0 Å². The van der Waals surface area contributed by atoms with E-state index in [1.165, 1.54) is 4.90 Å². The Balaban J connectivity index is 2.77. The van der Waals surface area contributed by atoms with Gasteiger partial charge in [-0.3, -0.25) is 9.69 Å². The van der Waals surface area contributed by atoms with Crippen LogP contribution in [0.5, 0.6) is 0 Å². The fourth-order valence-corrected chi connectivity index (χ4v) is 2.26. The number of rotatable bonds is 3. The molecule has 1 fully saturated rings. The molecule has 0 radical (unpaired) electrons. The van der Waals surface area contributed by atoms with Crippen molar-refractivity contribution in [2.24, 2.45) is 0 Å². The van der Waals surface area contributed by atoms with E-state index in [1.807, 2.05) is 0 Å². The Morgan fingerprint density at radius 3 is 2.44 bits per heavy atom. The van der Waals surface area contributed by atoms with Gasteiger partial charge in [0.15, 0.2) is 5.78 Å². The minimum atomic E-state index is -0.565. The van der Waals surface area contributed by atoms with E-state index in [0.717, 1.165) is 0 Å². The van der Waals surface area contributed by atoms with E-state index >= 15 is 0 Å². The third kappa shape index (κ3) is 3.95. The fourth-order valence-electron chi connectivity index (χ4n) is 1.88. The smallest absolute Gasteiger partial charge is 0.410 e. The minimum Gasteiger partial charge on any atom is -0.444 e. The number of ketones is 1. The summed E-state index contributed by atoms with van der Waals surface area (Å²) in [5.41, 5.74) is -0.565. The van der Waals surface area contributed by atoms with Crippen molar-refractivity contribution in [1.29, 1.82) is 0 Å². The van der Waals surface area contributed by atoms with Crippen LogP contribution in [0.25, 0.3) is 0 Å². The molecule has 1 aliphatic heterocycles. The fraction of sp³-hybridized carbons (Fsp3) is 0.833. The van der Waals surface area contributed by atoms with Crippen LogP contribution in [0.3, 0.4) is 0 Å². The number of alkyl halides is 1. The van der Waals surface area contributed by atoms with E-state index in [1.54, 1.807) is 27.9 Å². The van der Waals surface area contributed by atoms with E-state index in [2.05, 4.69) is 15.9 Å².